The Morgan fingerprint density at radius 1 is 1.21 bits per heavy atom. The molecule has 9 heteroatoms. The molecule has 2 aliphatic heterocycles. The van der Waals surface area contributed by atoms with Gasteiger partial charge in [-0.3, -0.25) is 4.79 Å². The van der Waals surface area contributed by atoms with E-state index in [1.165, 1.54) is 11.8 Å². The Kier molecular flexibility index (Phi) is 6.24. The molecule has 3 rings (SSSR count). The fourth-order valence-corrected chi connectivity index (χ4v) is 7.58. The molecule has 0 bridgehead atoms. The molecule has 0 unspecified atom stereocenters. The number of hydrogen-bond donors (Lipinski definition) is 0. The summed E-state index contributed by atoms with van der Waals surface area (Å²) in [5.74, 6) is 1.01. The Bertz CT molecular complexity index is 880. The highest BCUT2D eigenvalue weighted by molar-refractivity contribution is 8.16. The van der Waals surface area contributed by atoms with E-state index < -0.39 is 9.84 Å². The minimum atomic E-state index is -3.11. The minimum Gasteiger partial charge on any atom is -0.493 e. The van der Waals surface area contributed by atoms with Crippen LogP contribution in [0.25, 0.3) is 0 Å². The van der Waals surface area contributed by atoms with Crippen LogP contribution < -0.4 is 14.4 Å². The van der Waals surface area contributed by atoms with Gasteiger partial charge in [0.25, 0.3) is 5.91 Å². The predicted octanol–water partition coefficient (Wildman–Crippen LogP) is 2.74. The van der Waals surface area contributed by atoms with Gasteiger partial charge in [0.1, 0.15) is 0 Å². The molecule has 0 radical (unpaired) electrons. The highest BCUT2D eigenvalue weighted by Crippen LogP contribution is 2.43. The van der Waals surface area contributed by atoms with Crippen LogP contribution in [0.5, 0.6) is 11.5 Å². The van der Waals surface area contributed by atoms with Crippen LogP contribution in [0.3, 0.4) is 0 Å². The molecule has 2 saturated heterocycles. The molecule has 2 heterocycles. The summed E-state index contributed by atoms with van der Waals surface area (Å²) in [4.78, 5) is 18.9. The van der Waals surface area contributed by atoms with Crippen LogP contribution in [0.2, 0.25) is 0 Å². The highest BCUT2D eigenvalue weighted by atomic mass is 32.2. The number of amidine groups is 1. The fourth-order valence-electron chi connectivity index (χ4n) is 3.66. The van der Waals surface area contributed by atoms with Crippen molar-refractivity contribution in [2.24, 2.45) is 10.9 Å². The molecule has 2 aliphatic rings. The second-order valence-electron chi connectivity index (χ2n) is 6.96. The minimum absolute atomic E-state index is 0.0528. The van der Waals surface area contributed by atoms with Crippen LogP contribution in [0, 0.1) is 5.92 Å². The van der Waals surface area contributed by atoms with E-state index in [0.717, 1.165) is 18.5 Å². The molecule has 0 spiro atoms. The molecule has 154 valence electrons. The number of sulfone groups is 1. The van der Waals surface area contributed by atoms with Crippen LogP contribution in [0.15, 0.2) is 23.2 Å². The van der Waals surface area contributed by atoms with Crippen molar-refractivity contribution in [3.8, 4) is 11.5 Å². The van der Waals surface area contributed by atoms with E-state index in [9.17, 15) is 13.2 Å². The van der Waals surface area contributed by atoms with Crippen molar-refractivity contribution < 1.29 is 22.7 Å². The number of carbonyl (C=O) groups is 1. The number of anilines is 1. The summed E-state index contributed by atoms with van der Waals surface area (Å²) in [6, 6.07) is 5.16. The zero-order chi connectivity index (χ0) is 20.5. The smallest absolute Gasteiger partial charge is 0.251 e. The molecule has 0 aromatic heterocycles. The van der Waals surface area contributed by atoms with E-state index in [2.05, 4.69) is 4.99 Å². The van der Waals surface area contributed by atoms with Crippen molar-refractivity contribution in [1.29, 1.82) is 0 Å². The molecule has 7 nitrogen and oxygen atoms in total. The predicted molar refractivity (Wildman–Crippen MR) is 112 cm³/mol. The van der Waals surface area contributed by atoms with Gasteiger partial charge in [-0.25, -0.2) is 8.42 Å². The van der Waals surface area contributed by atoms with Gasteiger partial charge >= 0.3 is 0 Å². The van der Waals surface area contributed by atoms with E-state index in [-0.39, 0.29) is 34.6 Å². The van der Waals surface area contributed by atoms with Gasteiger partial charge in [-0.15, -0.1) is 0 Å². The second-order valence-corrected chi connectivity index (χ2v) is 10.3. The third-order valence-electron chi connectivity index (χ3n) is 5.25. The summed E-state index contributed by atoms with van der Waals surface area (Å²) in [5, 5.41) is 0.431. The summed E-state index contributed by atoms with van der Waals surface area (Å²) in [5.41, 5.74) is 0.742. The Hall–Kier alpha value is -1.74. The monoisotopic (exact) mass is 426 g/mol. The zero-order valence-electron chi connectivity index (χ0n) is 16.5. The molecule has 2 fully saturated rings. The van der Waals surface area contributed by atoms with Gasteiger partial charge < -0.3 is 14.4 Å². The number of aliphatic imine (C=N–C) groups is 1. The first-order chi connectivity index (χ1) is 13.3. The maximum Gasteiger partial charge on any atom is 0.251 e. The van der Waals surface area contributed by atoms with Crippen LogP contribution in [0.1, 0.15) is 26.7 Å². The number of carbonyl (C=O) groups excluding carboxylic acids is 1. The van der Waals surface area contributed by atoms with E-state index >= 15 is 0 Å². The van der Waals surface area contributed by atoms with Crippen LogP contribution >= 0.6 is 11.8 Å². The highest BCUT2D eigenvalue weighted by Gasteiger charge is 2.49. The number of benzene rings is 1. The number of hydrogen-bond acceptors (Lipinski definition) is 6. The van der Waals surface area contributed by atoms with Gasteiger partial charge in [-0.1, -0.05) is 25.6 Å². The number of rotatable bonds is 6. The largest absolute Gasteiger partial charge is 0.493 e. The van der Waals surface area contributed by atoms with Crippen molar-refractivity contribution >= 4 is 38.4 Å². The topological polar surface area (TPSA) is 85.3 Å². The fraction of sp³-hybridized carbons (Fsp3) is 0.579. The van der Waals surface area contributed by atoms with Gasteiger partial charge in [-0.05, 0) is 25.0 Å². The molecular formula is C19H26N2O5S2. The van der Waals surface area contributed by atoms with Gasteiger partial charge in [0, 0.05) is 22.9 Å². The van der Waals surface area contributed by atoms with E-state index in [0.29, 0.717) is 16.7 Å². The van der Waals surface area contributed by atoms with E-state index in [1.807, 2.05) is 24.8 Å². The van der Waals surface area contributed by atoms with Crippen molar-refractivity contribution in [3.05, 3.63) is 18.2 Å². The number of methoxy groups -OCH3 is 2. The van der Waals surface area contributed by atoms with Gasteiger partial charge in [0.2, 0.25) is 0 Å². The van der Waals surface area contributed by atoms with Gasteiger partial charge in [0.15, 0.2) is 26.5 Å². The standard InChI is InChI=1S/C19H26N2O5S2/c1-5-12(6-2)18(22)20-19-21(14-10-28(23,24)11-17(14)27-19)13-7-8-15(25-3)16(9-13)26-4/h7-9,12,14,17H,5-6,10-11H2,1-4H3/t14-,17+/m1/s1. The summed E-state index contributed by atoms with van der Waals surface area (Å²) >= 11 is 1.38. The number of thioether (sulfide) groups is 1. The van der Waals surface area contributed by atoms with Crippen molar-refractivity contribution in [2.75, 3.05) is 30.6 Å². The van der Waals surface area contributed by atoms with Crippen LogP contribution in [-0.2, 0) is 14.6 Å². The number of fused-ring (bicyclic) bond motifs is 1. The zero-order valence-corrected chi connectivity index (χ0v) is 18.2. The van der Waals surface area contributed by atoms with Crippen molar-refractivity contribution in [2.45, 2.75) is 38.0 Å². The summed E-state index contributed by atoms with van der Waals surface area (Å²) < 4.78 is 35.1. The molecular weight excluding hydrogens is 400 g/mol. The first kappa shape index (κ1) is 21.0. The quantitative estimate of drug-likeness (QED) is 0.691. The van der Waals surface area contributed by atoms with Gasteiger partial charge in [-0.2, -0.15) is 4.99 Å². The molecule has 1 aromatic carbocycles. The lowest BCUT2D eigenvalue weighted by atomic mass is 10.0. The SMILES string of the molecule is CCC(CC)C(=O)N=C1S[C@H]2CS(=O)(=O)C[C@H]2N1c1ccc(OC)c(OC)c1. The second kappa shape index (κ2) is 8.32. The molecule has 0 N–H and O–H groups in total. The van der Waals surface area contributed by atoms with Crippen molar-refractivity contribution in [1.82, 2.24) is 0 Å². The Morgan fingerprint density at radius 3 is 2.50 bits per heavy atom. The third-order valence-corrected chi connectivity index (χ3v) is 8.46. The summed E-state index contributed by atoms with van der Waals surface area (Å²) in [7, 11) is -0.000915. The molecule has 1 amide bonds. The lowest BCUT2D eigenvalue weighted by molar-refractivity contribution is -0.121. The number of nitrogens with zero attached hydrogens (tertiary/aromatic N) is 2. The molecule has 2 atom stereocenters. The summed E-state index contributed by atoms with van der Waals surface area (Å²) in [6.45, 7) is 3.95. The third kappa shape index (κ3) is 4.00. The van der Waals surface area contributed by atoms with E-state index in [1.54, 1.807) is 26.4 Å². The Labute approximate surface area is 170 Å². The molecule has 1 aromatic rings. The molecule has 28 heavy (non-hydrogen) atoms. The average Bonchev–Trinajstić information content (AvgIpc) is 3.12. The Morgan fingerprint density at radius 2 is 1.89 bits per heavy atom. The first-order valence-corrected chi connectivity index (χ1v) is 12.0. The van der Waals surface area contributed by atoms with Crippen LogP contribution in [0.4, 0.5) is 5.69 Å². The molecule has 0 aliphatic carbocycles. The van der Waals surface area contributed by atoms with Gasteiger partial charge in [0.05, 0.1) is 31.8 Å². The first-order valence-electron chi connectivity index (χ1n) is 9.34. The lowest BCUT2D eigenvalue weighted by Gasteiger charge is -2.25. The number of amides is 1. The summed E-state index contributed by atoms with van der Waals surface area (Å²) in [6.07, 6.45) is 1.46. The maximum atomic E-state index is 12.6. The van der Waals surface area contributed by atoms with Crippen LogP contribution in [-0.4, -0.2) is 56.5 Å². The molecule has 0 saturated carbocycles. The number of ether oxygens (including phenoxy) is 2. The van der Waals surface area contributed by atoms with Crippen molar-refractivity contribution in [3.63, 3.8) is 0 Å². The Balaban J connectivity index is 2.02. The van der Waals surface area contributed by atoms with E-state index in [4.69, 9.17) is 9.47 Å². The normalized spacial score (nSPS) is 24.6. The average molecular weight is 427 g/mol. The maximum absolute atomic E-state index is 12.6. The lowest BCUT2D eigenvalue weighted by Crippen LogP contribution is -2.38.